The van der Waals surface area contributed by atoms with Crippen LogP contribution in [-0.4, -0.2) is 28.1 Å². The van der Waals surface area contributed by atoms with Gasteiger partial charge in [0.25, 0.3) is 5.91 Å². The summed E-state index contributed by atoms with van der Waals surface area (Å²) in [7, 11) is 0. The van der Waals surface area contributed by atoms with E-state index in [0.29, 0.717) is 12.1 Å². The fourth-order valence-corrected chi connectivity index (χ4v) is 2.06. The highest BCUT2D eigenvalue weighted by Crippen LogP contribution is 2.12. The van der Waals surface area contributed by atoms with Gasteiger partial charge < -0.3 is 10.4 Å². The van der Waals surface area contributed by atoms with Gasteiger partial charge in [0.15, 0.2) is 0 Å². The zero-order chi connectivity index (χ0) is 13.8. The monoisotopic (exact) mass is 258 g/mol. The van der Waals surface area contributed by atoms with E-state index in [9.17, 15) is 9.90 Å². The van der Waals surface area contributed by atoms with Crippen molar-refractivity contribution in [3.05, 3.63) is 42.1 Å². The molecule has 2 unspecified atom stereocenters. The van der Waals surface area contributed by atoms with Crippen molar-refractivity contribution in [2.45, 2.75) is 32.4 Å². The number of carbonyl (C=O) groups is 1. The summed E-state index contributed by atoms with van der Waals surface area (Å²) in [6.45, 7) is 3.57. The molecule has 100 valence electrons. The Bertz CT molecular complexity index is 581. The highest BCUT2D eigenvalue weighted by atomic mass is 16.3. The highest BCUT2D eigenvalue weighted by molar-refractivity contribution is 5.95. The van der Waals surface area contributed by atoms with Crippen LogP contribution in [-0.2, 0) is 0 Å². The van der Waals surface area contributed by atoms with E-state index in [-0.39, 0.29) is 11.9 Å². The van der Waals surface area contributed by atoms with Gasteiger partial charge in [0, 0.05) is 11.4 Å². The Morgan fingerprint density at radius 3 is 2.74 bits per heavy atom. The molecule has 0 fully saturated rings. The lowest BCUT2D eigenvalue weighted by Gasteiger charge is -2.15. The first-order chi connectivity index (χ1) is 9.06. The van der Waals surface area contributed by atoms with E-state index < -0.39 is 6.10 Å². The minimum absolute atomic E-state index is 0.0826. The van der Waals surface area contributed by atoms with Crippen LogP contribution in [0.25, 0.3) is 10.9 Å². The Morgan fingerprint density at radius 1 is 1.26 bits per heavy atom. The van der Waals surface area contributed by atoms with Gasteiger partial charge in [0.1, 0.15) is 5.69 Å². The molecule has 2 rings (SSSR count). The molecule has 1 aromatic heterocycles. The highest BCUT2D eigenvalue weighted by Gasteiger charge is 2.12. The number of benzene rings is 1. The number of carbonyl (C=O) groups excluding carboxylic acids is 1. The lowest BCUT2D eigenvalue weighted by Crippen LogP contribution is -2.35. The maximum absolute atomic E-state index is 12.0. The van der Waals surface area contributed by atoms with E-state index in [1.54, 1.807) is 13.0 Å². The Balaban J connectivity index is 2.13. The summed E-state index contributed by atoms with van der Waals surface area (Å²) in [6, 6.07) is 11.2. The van der Waals surface area contributed by atoms with Gasteiger partial charge in [-0.3, -0.25) is 4.79 Å². The molecule has 0 saturated heterocycles. The van der Waals surface area contributed by atoms with Gasteiger partial charge in [0.05, 0.1) is 11.6 Å². The molecule has 1 amide bonds. The van der Waals surface area contributed by atoms with Gasteiger partial charge in [-0.1, -0.05) is 24.3 Å². The van der Waals surface area contributed by atoms with Crippen LogP contribution >= 0.6 is 0 Å². The first-order valence-corrected chi connectivity index (χ1v) is 6.41. The second-order valence-electron chi connectivity index (χ2n) is 4.85. The fraction of sp³-hybridized carbons (Fsp3) is 0.333. The average molecular weight is 258 g/mol. The van der Waals surface area contributed by atoms with Crippen LogP contribution in [0.4, 0.5) is 0 Å². The van der Waals surface area contributed by atoms with E-state index in [4.69, 9.17) is 0 Å². The van der Waals surface area contributed by atoms with Crippen molar-refractivity contribution < 1.29 is 9.90 Å². The van der Waals surface area contributed by atoms with E-state index in [1.165, 1.54) is 0 Å². The number of aliphatic hydroxyl groups is 1. The fourth-order valence-electron chi connectivity index (χ4n) is 2.06. The van der Waals surface area contributed by atoms with Crippen molar-refractivity contribution in [3.8, 4) is 0 Å². The summed E-state index contributed by atoms with van der Waals surface area (Å²) in [5, 5.41) is 13.1. The number of hydrogen-bond acceptors (Lipinski definition) is 3. The van der Waals surface area contributed by atoms with Gasteiger partial charge in [-0.25, -0.2) is 4.98 Å². The summed E-state index contributed by atoms with van der Waals surface area (Å²) >= 11 is 0. The largest absolute Gasteiger partial charge is 0.393 e. The number of rotatable bonds is 4. The second kappa shape index (κ2) is 5.80. The minimum atomic E-state index is -0.431. The molecule has 0 spiro atoms. The first kappa shape index (κ1) is 13.5. The lowest BCUT2D eigenvalue weighted by atomic mass is 10.1. The third-order valence-corrected chi connectivity index (χ3v) is 2.90. The van der Waals surface area contributed by atoms with Gasteiger partial charge in [-0.2, -0.15) is 0 Å². The molecule has 0 radical (unpaired) electrons. The summed E-state index contributed by atoms with van der Waals surface area (Å²) in [4.78, 5) is 16.4. The average Bonchev–Trinajstić information content (AvgIpc) is 2.37. The Labute approximate surface area is 112 Å². The summed E-state index contributed by atoms with van der Waals surface area (Å²) in [5.41, 5.74) is 1.20. The van der Waals surface area contributed by atoms with E-state index in [0.717, 1.165) is 10.9 Å². The van der Waals surface area contributed by atoms with E-state index in [1.807, 2.05) is 37.3 Å². The number of pyridine rings is 1. The standard InChI is InChI=1S/C15H18N2O2/c1-10(9-11(2)18)16-15(19)14-8-7-12-5-3-4-6-13(12)17-14/h3-8,10-11,18H,9H2,1-2H3,(H,16,19). The molecule has 0 aliphatic rings. The molecular formula is C15H18N2O2. The van der Waals surface area contributed by atoms with Crippen LogP contribution in [0.15, 0.2) is 36.4 Å². The molecule has 0 aliphatic heterocycles. The Kier molecular flexibility index (Phi) is 4.12. The molecule has 2 N–H and O–H groups in total. The van der Waals surface area contributed by atoms with Gasteiger partial charge >= 0.3 is 0 Å². The number of para-hydroxylation sites is 1. The summed E-state index contributed by atoms with van der Waals surface area (Å²) in [5.74, 6) is -0.209. The molecule has 2 aromatic rings. The summed E-state index contributed by atoms with van der Waals surface area (Å²) in [6.07, 6.45) is 0.0964. The molecule has 19 heavy (non-hydrogen) atoms. The molecule has 4 nitrogen and oxygen atoms in total. The van der Waals surface area contributed by atoms with Crippen LogP contribution in [0.1, 0.15) is 30.8 Å². The molecular weight excluding hydrogens is 240 g/mol. The minimum Gasteiger partial charge on any atom is -0.393 e. The van der Waals surface area contributed by atoms with Crippen molar-refractivity contribution in [1.82, 2.24) is 10.3 Å². The number of aromatic nitrogens is 1. The number of aliphatic hydroxyl groups excluding tert-OH is 1. The predicted molar refractivity (Wildman–Crippen MR) is 75.0 cm³/mol. The second-order valence-corrected chi connectivity index (χ2v) is 4.85. The zero-order valence-corrected chi connectivity index (χ0v) is 11.1. The SMILES string of the molecule is CC(O)CC(C)NC(=O)c1ccc2ccccc2n1. The number of amides is 1. The molecule has 0 saturated carbocycles. The van der Waals surface area contributed by atoms with Crippen molar-refractivity contribution in [2.24, 2.45) is 0 Å². The maximum atomic E-state index is 12.0. The van der Waals surface area contributed by atoms with Crippen LogP contribution in [0, 0.1) is 0 Å². The zero-order valence-electron chi connectivity index (χ0n) is 11.1. The lowest BCUT2D eigenvalue weighted by molar-refractivity contribution is 0.0918. The van der Waals surface area contributed by atoms with Crippen molar-refractivity contribution >= 4 is 16.8 Å². The Hall–Kier alpha value is -1.94. The smallest absolute Gasteiger partial charge is 0.270 e. The molecule has 1 heterocycles. The van der Waals surface area contributed by atoms with Gasteiger partial charge in [-0.15, -0.1) is 0 Å². The van der Waals surface area contributed by atoms with Crippen LogP contribution < -0.4 is 5.32 Å². The number of nitrogens with one attached hydrogen (secondary N) is 1. The maximum Gasteiger partial charge on any atom is 0.270 e. The van der Waals surface area contributed by atoms with E-state index >= 15 is 0 Å². The number of hydrogen-bond donors (Lipinski definition) is 2. The normalized spacial score (nSPS) is 14.1. The van der Waals surface area contributed by atoms with Gasteiger partial charge in [0.2, 0.25) is 0 Å². The molecule has 1 aromatic carbocycles. The first-order valence-electron chi connectivity index (χ1n) is 6.41. The van der Waals surface area contributed by atoms with Crippen molar-refractivity contribution in [1.29, 1.82) is 0 Å². The third-order valence-electron chi connectivity index (χ3n) is 2.90. The van der Waals surface area contributed by atoms with Crippen LogP contribution in [0.3, 0.4) is 0 Å². The number of nitrogens with zero attached hydrogens (tertiary/aromatic N) is 1. The molecule has 4 heteroatoms. The Morgan fingerprint density at radius 2 is 2.00 bits per heavy atom. The topological polar surface area (TPSA) is 62.2 Å². The van der Waals surface area contributed by atoms with Crippen LogP contribution in [0.5, 0.6) is 0 Å². The van der Waals surface area contributed by atoms with E-state index in [2.05, 4.69) is 10.3 Å². The summed E-state index contributed by atoms with van der Waals surface area (Å²) < 4.78 is 0. The van der Waals surface area contributed by atoms with Crippen molar-refractivity contribution in [2.75, 3.05) is 0 Å². The number of fused-ring (bicyclic) bond motifs is 1. The van der Waals surface area contributed by atoms with Gasteiger partial charge in [-0.05, 0) is 32.4 Å². The third kappa shape index (κ3) is 3.51. The molecule has 0 bridgehead atoms. The molecule has 0 aliphatic carbocycles. The quantitative estimate of drug-likeness (QED) is 0.883. The van der Waals surface area contributed by atoms with Crippen molar-refractivity contribution in [3.63, 3.8) is 0 Å². The predicted octanol–water partition coefficient (Wildman–Crippen LogP) is 2.12. The molecule has 2 atom stereocenters. The van der Waals surface area contributed by atoms with Crippen LogP contribution in [0.2, 0.25) is 0 Å².